The van der Waals surface area contributed by atoms with E-state index in [2.05, 4.69) is 19.2 Å². The highest BCUT2D eigenvalue weighted by molar-refractivity contribution is 5.75. The zero-order valence-corrected chi connectivity index (χ0v) is 10.0. The highest BCUT2D eigenvalue weighted by Crippen LogP contribution is 2.34. The van der Waals surface area contributed by atoms with Crippen LogP contribution in [-0.2, 0) is 4.79 Å². The molecule has 15 heavy (non-hydrogen) atoms. The lowest BCUT2D eigenvalue weighted by Gasteiger charge is -2.40. The molecule has 0 bridgehead atoms. The Labute approximate surface area is 92.8 Å². The molecule has 0 saturated heterocycles. The summed E-state index contributed by atoms with van der Waals surface area (Å²) in [6, 6.07) is 0. The molecule has 3 heteroatoms. The molecule has 1 saturated carbocycles. The molecule has 0 spiro atoms. The number of rotatable bonds is 5. The second-order valence-corrected chi connectivity index (χ2v) is 5.05. The average Bonchev–Trinajstić information content (AvgIpc) is 2.13. The first-order valence-corrected chi connectivity index (χ1v) is 6.11. The molecule has 0 aromatic carbocycles. The van der Waals surface area contributed by atoms with Gasteiger partial charge in [0.1, 0.15) is 0 Å². The number of carbonyl (C=O) groups excluding carboxylic acids is 1. The number of carbonyl (C=O) groups is 1. The number of primary amides is 1. The van der Waals surface area contributed by atoms with Crippen molar-refractivity contribution in [2.75, 3.05) is 6.54 Å². The van der Waals surface area contributed by atoms with Crippen molar-refractivity contribution < 1.29 is 4.79 Å². The van der Waals surface area contributed by atoms with Gasteiger partial charge in [-0.2, -0.15) is 0 Å². The van der Waals surface area contributed by atoms with Gasteiger partial charge in [-0.1, -0.05) is 26.7 Å². The summed E-state index contributed by atoms with van der Waals surface area (Å²) < 4.78 is 0. The largest absolute Gasteiger partial charge is 0.370 e. The highest BCUT2D eigenvalue weighted by atomic mass is 16.1. The monoisotopic (exact) mass is 212 g/mol. The van der Waals surface area contributed by atoms with E-state index in [4.69, 9.17) is 5.73 Å². The standard InChI is InChI=1S/C12H24N2O/c1-3-7-14-12(9-11(13)15)6-4-5-10(2)8-12/h10,14H,3-9H2,1-2H3,(H2,13,15). The molecule has 1 rings (SSSR count). The predicted molar refractivity (Wildman–Crippen MR) is 62.5 cm³/mol. The summed E-state index contributed by atoms with van der Waals surface area (Å²) in [6.45, 7) is 5.40. The maximum atomic E-state index is 11.1. The maximum absolute atomic E-state index is 11.1. The SMILES string of the molecule is CCCNC1(CC(N)=O)CCCC(C)C1. The quantitative estimate of drug-likeness (QED) is 0.730. The van der Waals surface area contributed by atoms with E-state index in [0.29, 0.717) is 12.3 Å². The summed E-state index contributed by atoms with van der Waals surface area (Å²) in [4.78, 5) is 11.1. The Bertz CT molecular complexity index is 218. The first kappa shape index (κ1) is 12.5. The van der Waals surface area contributed by atoms with Crippen LogP contribution in [0.3, 0.4) is 0 Å². The molecule has 0 aromatic heterocycles. The summed E-state index contributed by atoms with van der Waals surface area (Å²) in [7, 11) is 0. The molecular formula is C12H24N2O. The van der Waals surface area contributed by atoms with Crippen LogP contribution in [0, 0.1) is 5.92 Å². The van der Waals surface area contributed by atoms with E-state index in [1.54, 1.807) is 0 Å². The summed E-state index contributed by atoms with van der Waals surface area (Å²) in [6.07, 6.45) is 6.29. The second kappa shape index (κ2) is 5.50. The lowest BCUT2D eigenvalue weighted by Crippen LogP contribution is -2.51. The number of hydrogen-bond donors (Lipinski definition) is 2. The number of amides is 1. The highest BCUT2D eigenvalue weighted by Gasteiger charge is 2.35. The van der Waals surface area contributed by atoms with Crippen molar-refractivity contribution in [1.82, 2.24) is 5.32 Å². The van der Waals surface area contributed by atoms with Crippen molar-refractivity contribution in [3.05, 3.63) is 0 Å². The van der Waals surface area contributed by atoms with Crippen LogP contribution in [0.25, 0.3) is 0 Å². The molecule has 3 N–H and O–H groups in total. The van der Waals surface area contributed by atoms with Gasteiger partial charge in [0.05, 0.1) is 0 Å². The van der Waals surface area contributed by atoms with E-state index in [1.165, 1.54) is 12.8 Å². The molecule has 3 nitrogen and oxygen atoms in total. The lowest BCUT2D eigenvalue weighted by molar-refractivity contribution is -0.120. The van der Waals surface area contributed by atoms with Crippen molar-refractivity contribution in [3.63, 3.8) is 0 Å². The number of nitrogens with two attached hydrogens (primary N) is 1. The fourth-order valence-corrected chi connectivity index (χ4v) is 2.77. The van der Waals surface area contributed by atoms with Crippen LogP contribution >= 0.6 is 0 Å². The molecule has 0 aromatic rings. The minimum absolute atomic E-state index is 0.000486. The van der Waals surface area contributed by atoms with Gasteiger partial charge < -0.3 is 11.1 Å². The zero-order chi connectivity index (χ0) is 11.3. The van der Waals surface area contributed by atoms with Crippen molar-refractivity contribution in [3.8, 4) is 0 Å². The van der Waals surface area contributed by atoms with Crippen LogP contribution < -0.4 is 11.1 Å². The van der Waals surface area contributed by atoms with Gasteiger partial charge in [0.2, 0.25) is 5.91 Å². The van der Waals surface area contributed by atoms with Gasteiger partial charge in [0.25, 0.3) is 0 Å². The van der Waals surface area contributed by atoms with E-state index in [-0.39, 0.29) is 11.4 Å². The topological polar surface area (TPSA) is 55.1 Å². The summed E-state index contributed by atoms with van der Waals surface area (Å²) in [5.41, 5.74) is 5.35. The van der Waals surface area contributed by atoms with Gasteiger partial charge in [0, 0.05) is 12.0 Å². The molecule has 2 unspecified atom stereocenters. The first-order chi connectivity index (χ1) is 7.08. The first-order valence-electron chi connectivity index (χ1n) is 6.11. The molecule has 88 valence electrons. The van der Waals surface area contributed by atoms with Gasteiger partial charge >= 0.3 is 0 Å². The van der Waals surface area contributed by atoms with Crippen LogP contribution in [0.15, 0.2) is 0 Å². The molecule has 2 atom stereocenters. The molecule has 1 aliphatic rings. The van der Waals surface area contributed by atoms with Gasteiger partial charge in [-0.15, -0.1) is 0 Å². The second-order valence-electron chi connectivity index (χ2n) is 5.05. The Kier molecular flexibility index (Phi) is 4.58. The van der Waals surface area contributed by atoms with E-state index in [9.17, 15) is 4.79 Å². The normalized spacial score (nSPS) is 31.5. The Morgan fingerprint density at radius 3 is 2.87 bits per heavy atom. The van der Waals surface area contributed by atoms with Crippen LogP contribution in [-0.4, -0.2) is 18.0 Å². The number of hydrogen-bond acceptors (Lipinski definition) is 2. The molecule has 0 aliphatic heterocycles. The third-order valence-electron chi connectivity index (χ3n) is 3.35. The summed E-state index contributed by atoms with van der Waals surface area (Å²) in [5, 5.41) is 3.55. The van der Waals surface area contributed by atoms with Crippen LogP contribution in [0.2, 0.25) is 0 Å². The molecular weight excluding hydrogens is 188 g/mol. The molecule has 1 fully saturated rings. The molecule has 0 heterocycles. The van der Waals surface area contributed by atoms with Gasteiger partial charge in [0.15, 0.2) is 0 Å². The zero-order valence-electron chi connectivity index (χ0n) is 10.0. The van der Waals surface area contributed by atoms with Crippen molar-refractivity contribution in [2.24, 2.45) is 11.7 Å². The molecule has 1 amide bonds. The van der Waals surface area contributed by atoms with Crippen molar-refractivity contribution in [2.45, 2.75) is 57.9 Å². The predicted octanol–water partition coefficient (Wildman–Crippen LogP) is 1.81. The van der Waals surface area contributed by atoms with E-state index in [0.717, 1.165) is 25.8 Å². The fraction of sp³-hybridized carbons (Fsp3) is 0.917. The Morgan fingerprint density at radius 2 is 2.33 bits per heavy atom. The third-order valence-corrected chi connectivity index (χ3v) is 3.35. The van der Waals surface area contributed by atoms with Crippen LogP contribution in [0.1, 0.15) is 52.4 Å². The molecule has 1 aliphatic carbocycles. The average molecular weight is 212 g/mol. The fourth-order valence-electron chi connectivity index (χ4n) is 2.77. The molecule has 0 radical (unpaired) electrons. The van der Waals surface area contributed by atoms with Crippen molar-refractivity contribution >= 4 is 5.91 Å². The smallest absolute Gasteiger partial charge is 0.219 e. The van der Waals surface area contributed by atoms with E-state index in [1.807, 2.05) is 0 Å². The van der Waals surface area contributed by atoms with Gasteiger partial charge in [-0.05, 0) is 31.7 Å². The minimum atomic E-state index is -0.173. The van der Waals surface area contributed by atoms with Crippen LogP contribution in [0.5, 0.6) is 0 Å². The van der Waals surface area contributed by atoms with E-state index >= 15 is 0 Å². The number of nitrogens with one attached hydrogen (secondary N) is 1. The van der Waals surface area contributed by atoms with Gasteiger partial charge in [-0.3, -0.25) is 4.79 Å². The van der Waals surface area contributed by atoms with Gasteiger partial charge in [-0.25, -0.2) is 0 Å². The Morgan fingerprint density at radius 1 is 1.60 bits per heavy atom. The third kappa shape index (κ3) is 3.82. The Balaban J connectivity index is 2.61. The van der Waals surface area contributed by atoms with Crippen molar-refractivity contribution in [1.29, 1.82) is 0 Å². The van der Waals surface area contributed by atoms with Crippen LogP contribution in [0.4, 0.5) is 0 Å². The maximum Gasteiger partial charge on any atom is 0.219 e. The summed E-state index contributed by atoms with van der Waals surface area (Å²) in [5.74, 6) is 0.537. The lowest BCUT2D eigenvalue weighted by atomic mass is 9.74. The minimum Gasteiger partial charge on any atom is -0.370 e. The summed E-state index contributed by atoms with van der Waals surface area (Å²) >= 11 is 0. The Hall–Kier alpha value is -0.570. The van der Waals surface area contributed by atoms with E-state index < -0.39 is 0 Å².